The maximum Gasteiger partial charge on any atom is 0.167 e. The summed E-state index contributed by atoms with van der Waals surface area (Å²) in [6.45, 7) is 5.94. The van der Waals surface area contributed by atoms with Crippen LogP contribution in [0.2, 0.25) is 5.02 Å². The Morgan fingerprint density at radius 3 is 2.53 bits per heavy atom. The number of carbonyl (C=O) groups excluding carboxylic acids is 1. The molecule has 0 bridgehead atoms. The summed E-state index contributed by atoms with van der Waals surface area (Å²) in [5.74, 6) is -0.0869. The van der Waals surface area contributed by atoms with Gasteiger partial charge in [-0.3, -0.25) is 4.79 Å². The molecule has 0 spiro atoms. The number of hydrogen-bond acceptors (Lipinski definition) is 2. The molecule has 0 saturated carbocycles. The molecule has 1 N–H and O–H groups in total. The third kappa shape index (κ3) is 3.56. The quantitative estimate of drug-likeness (QED) is 0.782. The Labute approximate surface area is 94.9 Å². The van der Waals surface area contributed by atoms with Crippen molar-refractivity contribution in [2.75, 3.05) is 0 Å². The van der Waals surface area contributed by atoms with E-state index in [2.05, 4.69) is 0 Å². The van der Waals surface area contributed by atoms with Crippen molar-refractivity contribution >= 4 is 17.4 Å². The monoisotopic (exact) mass is 226 g/mol. The van der Waals surface area contributed by atoms with Crippen LogP contribution in [0, 0.1) is 5.41 Å². The minimum Gasteiger partial charge on any atom is -0.507 e. The van der Waals surface area contributed by atoms with Crippen LogP contribution < -0.4 is 0 Å². The first-order valence-electron chi connectivity index (χ1n) is 4.81. The van der Waals surface area contributed by atoms with Crippen molar-refractivity contribution < 1.29 is 9.90 Å². The summed E-state index contributed by atoms with van der Waals surface area (Å²) in [6, 6.07) is 4.51. The molecule has 2 nitrogen and oxygen atoms in total. The SMILES string of the molecule is CC(C)(C)CC(=O)c1cc(Cl)ccc1O. The highest BCUT2D eigenvalue weighted by Crippen LogP contribution is 2.27. The van der Waals surface area contributed by atoms with Gasteiger partial charge in [-0.2, -0.15) is 0 Å². The van der Waals surface area contributed by atoms with E-state index < -0.39 is 0 Å². The topological polar surface area (TPSA) is 37.3 Å². The van der Waals surface area contributed by atoms with Crippen LogP contribution in [0.1, 0.15) is 37.6 Å². The van der Waals surface area contributed by atoms with Crippen molar-refractivity contribution in [2.45, 2.75) is 27.2 Å². The van der Waals surface area contributed by atoms with E-state index in [1.807, 2.05) is 20.8 Å². The van der Waals surface area contributed by atoms with Crippen LogP contribution in [-0.4, -0.2) is 10.9 Å². The summed E-state index contributed by atoms with van der Waals surface area (Å²) < 4.78 is 0. The zero-order valence-corrected chi connectivity index (χ0v) is 9.93. The lowest BCUT2D eigenvalue weighted by molar-refractivity contribution is 0.0937. The summed E-state index contributed by atoms with van der Waals surface area (Å²) in [4.78, 5) is 11.8. The molecule has 1 rings (SSSR count). The fourth-order valence-electron chi connectivity index (χ4n) is 1.31. The molecule has 0 saturated heterocycles. The Bertz CT molecular complexity index is 378. The minimum atomic E-state index is -0.0914. The molecule has 15 heavy (non-hydrogen) atoms. The molecule has 0 radical (unpaired) electrons. The van der Waals surface area contributed by atoms with Crippen molar-refractivity contribution in [1.82, 2.24) is 0 Å². The fraction of sp³-hybridized carbons (Fsp3) is 0.417. The summed E-state index contributed by atoms with van der Waals surface area (Å²) in [7, 11) is 0. The molecule has 0 aliphatic carbocycles. The molecule has 0 heterocycles. The van der Waals surface area contributed by atoms with Crippen molar-refractivity contribution in [1.29, 1.82) is 0 Å². The highest BCUT2D eigenvalue weighted by molar-refractivity contribution is 6.31. The third-order valence-corrected chi connectivity index (χ3v) is 2.18. The van der Waals surface area contributed by atoms with E-state index in [1.54, 1.807) is 6.07 Å². The predicted molar refractivity (Wildman–Crippen MR) is 61.5 cm³/mol. The Morgan fingerprint density at radius 1 is 1.40 bits per heavy atom. The number of rotatable bonds is 2. The number of aromatic hydroxyl groups is 1. The molecule has 0 aliphatic heterocycles. The van der Waals surface area contributed by atoms with Gasteiger partial charge in [-0.1, -0.05) is 32.4 Å². The van der Waals surface area contributed by atoms with Gasteiger partial charge in [0.2, 0.25) is 0 Å². The normalized spacial score (nSPS) is 11.5. The summed E-state index contributed by atoms with van der Waals surface area (Å²) >= 11 is 5.77. The van der Waals surface area contributed by atoms with Crippen molar-refractivity contribution in [2.24, 2.45) is 5.41 Å². The molecular weight excluding hydrogens is 212 g/mol. The van der Waals surface area contributed by atoms with Crippen LogP contribution in [0.3, 0.4) is 0 Å². The Hall–Kier alpha value is -1.02. The van der Waals surface area contributed by atoms with E-state index in [1.165, 1.54) is 12.1 Å². The van der Waals surface area contributed by atoms with Crippen LogP contribution in [-0.2, 0) is 0 Å². The van der Waals surface area contributed by atoms with Gasteiger partial charge in [-0.25, -0.2) is 0 Å². The van der Waals surface area contributed by atoms with Gasteiger partial charge in [0, 0.05) is 11.4 Å². The van der Waals surface area contributed by atoms with Gasteiger partial charge in [0.1, 0.15) is 5.75 Å². The van der Waals surface area contributed by atoms with E-state index >= 15 is 0 Å². The highest BCUT2D eigenvalue weighted by Gasteiger charge is 2.19. The van der Waals surface area contributed by atoms with Gasteiger partial charge in [0.05, 0.1) is 5.56 Å². The molecule has 3 heteroatoms. The molecule has 0 atom stereocenters. The van der Waals surface area contributed by atoms with Gasteiger partial charge in [-0.05, 0) is 23.6 Å². The lowest BCUT2D eigenvalue weighted by Crippen LogP contribution is -2.13. The standard InChI is InChI=1S/C12H15ClO2/c1-12(2,3)7-11(15)9-6-8(13)4-5-10(9)14/h4-6,14H,7H2,1-3H3. The molecule has 0 aromatic heterocycles. The Morgan fingerprint density at radius 2 is 2.00 bits per heavy atom. The average molecular weight is 227 g/mol. The number of Topliss-reactive ketones (excluding diaryl/α,β-unsaturated/α-hetero) is 1. The molecule has 1 aromatic rings. The van der Waals surface area contributed by atoms with Crippen LogP contribution in [0.4, 0.5) is 0 Å². The molecule has 82 valence electrons. The summed E-state index contributed by atoms with van der Waals surface area (Å²) in [5.41, 5.74) is 0.212. The first-order valence-corrected chi connectivity index (χ1v) is 5.19. The molecule has 1 aromatic carbocycles. The van der Waals surface area contributed by atoms with E-state index in [0.717, 1.165) is 0 Å². The largest absolute Gasteiger partial charge is 0.507 e. The third-order valence-electron chi connectivity index (χ3n) is 1.95. The lowest BCUT2D eigenvalue weighted by atomic mass is 9.88. The van der Waals surface area contributed by atoms with Gasteiger partial charge in [0.15, 0.2) is 5.78 Å². The molecule has 0 amide bonds. The number of phenols is 1. The predicted octanol–water partition coefficient (Wildman–Crippen LogP) is 3.66. The summed E-state index contributed by atoms with van der Waals surface area (Å²) in [5, 5.41) is 9.99. The Balaban J connectivity index is 2.96. The Kier molecular flexibility index (Phi) is 3.40. The number of halogens is 1. The van der Waals surface area contributed by atoms with Crippen molar-refractivity contribution in [3.63, 3.8) is 0 Å². The maximum atomic E-state index is 11.8. The number of ketones is 1. The minimum absolute atomic E-state index is 0.00588. The number of benzene rings is 1. The second-order valence-electron chi connectivity index (χ2n) is 4.82. The zero-order chi connectivity index (χ0) is 11.6. The van der Waals surface area contributed by atoms with Crippen molar-refractivity contribution in [3.05, 3.63) is 28.8 Å². The summed E-state index contributed by atoms with van der Waals surface area (Å²) in [6.07, 6.45) is 0.390. The molecule has 0 fully saturated rings. The zero-order valence-electron chi connectivity index (χ0n) is 9.17. The van der Waals surface area contributed by atoms with Crippen LogP contribution in [0.5, 0.6) is 5.75 Å². The fourth-order valence-corrected chi connectivity index (χ4v) is 1.48. The van der Waals surface area contributed by atoms with E-state index in [9.17, 15) is 9.90 Å². The van der Waals surface area contributed by atoms with Gasteiger partial charge < -0.3 is 5.11 Å². The second-order valence-corrected chi connectivity index (χ2v) is 5.26. The maximum absolute atomic E-state index is 11.8. The van der Waals surface area contributed by atoms with Gasteiger partial charge >= 0.3 is 0 Å². The van der Waals surface area contributed by atoms with E-state index in [-0.39, 0.29) is 16.9 Å². The average Bonchev–Trinajstić information content (AvgIpc) is 2.06. The first-order chi connectivity index (χ1) is 6.79. The van der Waals surface area contributed by atoms with Crippen LogP contribution >= 0.6 is 11.6 Å². The molecule has 0 unspecified atom stereocenters. The molecule has 0 aliphatic rings. The van der Waals surface area contributed by atoms with Gasteiger partial charge in [-0.15, -0.1) is 0 Å². The van der Waals surface area contributed by atoms with E-state index in [4.69, 9.17) is 11.6 Å². The number of carbonyl (C=O) groups is 1. The first kappa shape index (κ1) is 12.1. The van der Waals surface area contributed by atoms with Crippen LogP contribution in [0.25, 0.3) is 0 Å². The number of phenolic OH excluding ortho intramolecular Hbond substituents is 1. The van der Waals surface area contributed by atoms with Gasteiger partial charge in [0.25, 0.3) is 0 Å². The number of hydrogen-bond donors (Lipinski definition) is 1. The second kappa shape index (κ2) is 4.23. The van der Waals surface area contributed by atoms with Crippen molar-refractivity contribution in [3.8, 4) is 5.75 Å². The van der Waals surface area contributed by atoms with Crippen LogP contribution in [0.15, 0.2) is 18.2 Å². The van der Waals surface area contributed by atoms with E-state index in [0.29, 0.717) is 17.0 Å². The lowest BCUT2D eigenvalue weighted by Gasteiger charge is -2.17. The molecular formula is C12H15ClO2. The highest BCUT2D eigenvalue weighted by atomic mass is 35.5. The smallest absolute Gasteiger partial charge is 0.167 e.